The zero-order valence-electron chi connectivity index (χ0n) is 13.1. The van der Waals surface area contributed by atoms with E-state index in [9.17, 15) is 0 Å². The Kier molecular flexibility index (Phi) is 4.02. The van der Waals surface area contributed by atoms with Crippen molar-refractivity contribution in [3.05, 3.63) is 11.4 Å². The molecule has 21 heavy (non-hydrogen) atoms. The average Bonchev–Trinajstić information content (AvgIpc) is 3.02. The Bertz CT molecular complexity index is 608. The number of anilines is 2. The van der Waals surface area contributed by atoms with Gasteiger partial charge in [-0.2, -0.15) is 4.98 Å². The molecule has 2 aromatic rings. The fourth-order valence-electron chi connectivity index (χ4n) is 3.34. The Morgan fingerprint density at radius 1 is 1.24 bits per heavy atom. The number of nitrogens with zero attached hydrogens (tertiary/aromatic N) is 3. The van der Waals surface area contributed by atoms with Crippen LogP contribution in [0.15, 0.2) is 11.4 Å². The smallest absolute Gasteiger partial charge is 0.225 e. The fourth-order valence-corrected chi connectivity index (χ4v) is 4.10. The van der Waals surface area contributed by atoms with Crippen LogP contribution in [0.4, 0.5) is 11.8 Å². The van der Waals surface area contributed by atoms with E-state index in [2.05, 4.69) is 40.5 Å². The van der Waals surface area contributed by atoms with E-state index in [1.807, 2.05) is 7.05 Å². The van der Waals surface area contributed by atoms with Crippen molar-refractivity contribution in [2.24, 2.45) is 5.41 Å². The van der Waals surface area contributed by atoms with Crippen LogP contribution in [0.2, 0.25) is 0 Å². The molecule has 1 saturated heterocycles. The predicted octanol–water partition coefficient (Wildman–Crippen LogP) is 4.14. The Labute approximate surface area is 130 Å². The van der Waals surface area contributed by atoms with E-state index in [0.29, 0.717) is 5.41 Å². The molecule has 0 unspecified atom stereocenters. The van der Waals surface area contributed by atoms with Crippen LogP contribution in [0.3, 0.4) is 0 Å². The summed E-state index contributed by atoms with van der Waals surface area (Å²) >= 11 is 1.69. The average molecular weight is 304 g/mol. The second-order valence-electron chi connectivity index (χ2n) is 5.95. The van der Waals surface area contributed by atoms with Gasteiger partial charge in [0.2, 0.25) is 5.95 Å². The zero-order chi connectivity index (χ0) is 14.9. The molecule has 0 aromatic carbocycles. The minimum atomic E-state index is 0.545. The van der Waals surface area contributed by atoms with E-state index in [4.69, 9.17) is 4.98 Å². The second kappa shape index (κ2) is 5.79. The number of rotatable bonds is 4. The predicted molar refractivity (Wildman–Crippen MR) is 91.4 cm³/mol. The van der Waals surface area contributed by atoms with E-state index in [1.54, 1.807) is 11.3 Å². The number of fused-ring (bicyclic) bond motifs is 1. The molecule has 0 atom stereocenters. The molecular formula is C16H24N4S. The molecule has 1 N–H and O–H groups in total. The highest BCUT2D eigenvalue weighted by molar-refractivity contribution is 7.16. The van der Waals surface area contributed by atoms with Crippen molar-refractivity contribution in [2.75, 3.05) is 30.4 Å². The van der Waals surface area contributed by atoms with E-state index in [-0.39, 0.29) is 0 Å². The summed E-state index contributed by atoms with van der Waals surface area (Å²) in [6.45, 7) is 6.87. The standard InChI is InChI=1S/C16H24N4S/c1-4-16(5-2)7-9-20(10-8-16)13-12-6-11-21-14(12)19-15(17-3)18-13/h6,11H,4-5,7-10H2,1-3H3,(H,17,18,19). The van der Waals surface area contributed by atoms with Crippen LogP contribution in [-0.2, 0) is 0 Å². The van der Waals surface area contributed by atoms with Gasteiger partial charge >= 0.3 is 0 Å². The molecule has 4 nitrogen and oxygen atoms in total. The normalized spacial score (nSPS) is 18.1. The van der Waals surface area contributed by atoms with Gasteiger partial charge in [-0.1, -0.05) is 26.7 Å². The lowest BCUT2D eigenvalue weighted by Crippen LogP contribution is -2.40. The van der Waals surface area contributed by atoms with Crippen molar-refractivity contribution in [1.29, 1.82) is 0 Å². The van der Waals surface area contributed by atoms with E-state index >= 15 is 0 Å². The number of hydrogen-bond acceptors (Lipinski definition) is 5. The minimum absolute atomic E-state index is 0.545. The van der Waals surface area contributed by atoms with Crippen molar-refractivity contribution in [1.82, 2.24) is 9.97 Å². The lowest BCUT2D eigenvalue weighted by Gasteiger charge is -2.41. The summed E-state index contributed by atoms with van der Waals surface area (Å²) in [7, 11) is 1.88. The fraction of sp³-hybridized carbons (Fsp3) is 0.625. The quantitative estimate of drug-likeness (QED) is 0.921. The van der Waals surface area contributed by atoms with Gasteiger partial charge in [-0.15, -0.1) is 11.3 Å². The van der Waals surface area contributed by atoms with E-state index < -0.39 is 0 Å². The molecule has 2 aromatic heterocycles. The number of aromatic nitrogens is 2. The number of hydrogen-bond donors (Lipinski definition) is 1. The summed E-state index contributed by atoms with van der Waals surface area (Å²) in [5, 5.41) is 6.38. The Balaban J connectivity index is 1.90. The van der Waals surface area contributed by atoms with Gasteiger partial charge in [0.1, 0.15) is 10.6 Å². The highest BCUT2D eigenvalue weighted by Crippen LogP contribution is 2.40. The van der Waals surface area contributed by atoms with Crippen LogP contribution in [0.1, 0.15) is 39.5 Å². The number of piperidine rings is 1. The van der Waals surface area contributed by atoms with Crippen LogP contribution >= 0.6 is 11.3 Å². The second-order valence-corrected chi connectivity index (χ2v) is 6.85. The van der Waals surface area contributed by atoms with Crippen LogP contribution in [-0.4, -0.2) is 30.1 Å². The molecule has 0 spiro atoms. The Hall–Kier alpha value is -1.36. The lowest BCUT2D eigenvalue weighted by molar-refractivity contribution is 0.199. The monoisotopic (exact) mass is 304 g/mol. The molecule has 1 fully saturated rings. The van der Waals surface area contributed by atoms with Crippen molar-refractivity contribution >= 4 is 33.3 Å². The van der Waals surface area contributed by atoms with Gasteiger partial charge in [-0.05, 0) is 29.7 Å². The van der Waals surface area contributed by atoms with Gasteiger partial charge < -0.3 is 10.2 Å². The summed E-state index contributed by atoms with van der Waals surface area (Å²) in [6, 6.07) is 2.15. The third-order valence-corrected chi connectivity index (χ3v) is 5.96. The highest BCUT2D eigenvalue weighted by Gasteiger charge is 2.32. The molecular weight excluding hydrogens is 280 g/mol. The van der Waals surface area contributed by atoms with E-state index in [1.165, 1.54) is 31.1 Å². The summed E-state index contributed by atoms with van der Waals surface area (Å²) in [5.41, 5.74) is 0.545. The van der Waals surface area contributed by atoms with Gasteiger partial charge in [0.05, 0.1) is 5.39 Å². The van der Waals surface area contributed by atoms with Crippen LogP contribution in [0.25, 0.3) is 10.2 Å². The van der Waals surface area contributed by atoms with Crippen molar-refractivity contribution < 1.29 is 0 Å². The number of nitrogens with one attached hydrogen (secondary N) is 1. The molecule has 3 heterocycles. The maximum absolute atomic E-state index is 4.73. The molecule has 1 aliphatic heterocycles. The maximum Gasteiger partial charge on any atom is 0.225 e. The maximum atomic E-state index is 4.73. The Morgan fingerprint density at radius 2 is 1.95 bits per heavy atom. The molecule has 1 aliphatic rings. The highest BCUT2D eigenvalue weighted by atomic mass is 32.1. The van der Waals surface area contributed by atoms with Crippen molar-refractivity contribution in [3.8, 4) is 0 Å². The molecule has 3 rings (SSSR count). The molecule has 0 bridgehead atoms. The first-order valence-electron chi connectivity index (χ1n) is 7.89. The first kappa shape index (κ1) is 14.6. The Morgan fingerprint density at radius 3 is 2.57 bits per heavy atom. The largest absolute Gasteiger partial charge is 0.357 e. The van der Waals surface area contributed by atoms with Crippen LogP contribution in [0, 0.1) is 5.41 Å². The molecule has 114 valence electrons. The van der Waals surface area contributed by atoms with Gasteiger partial charge in [-0.3, -0.25) is 0 Å². The molecule has 0 aliphatic carbocycles. The third kappa shape index (κ3) is 2.59. The van der Waals surface area contributed by atoms with Gasteiger partial charge in [0, 0.05) is 20.1 Å². The summed E-state index contributed by atoms with van der Waals surface area (Å²) in [5.74, 6) is 1.83. The molecule has 0 saturated carbocycles. The van der Waals surface area contributed by atoms with E-state index in [0.717, 1.165) is 29.7 Å². The van der Waals surface area contributed by atoms with Crippen LogP contribution < -0.4 is 10.2 Å². The van der Waals surface area contributed by atoms with Crippen molar-refractivity contribution in [3.63, 3.8) is 0 Å². The number of thiophene rings is 1. The van der Waals surface area contributed by atoms with Gasteiger partial charge in [0.25, 0.3) is 0 Å². The van der Waals surface area contributed by atoms with Gasteiger partial charge in [-0.25, -0.2) is 4.98 Å². The summed E-state index contributed by atoms with van der Waals surface area (Å²) in [6.07, 6.45) is 5.11. The van der Waals surface area contributed by atoms with Crippen molar-refractivity contribution in [2.45, 2.75) is 39.5 Å². The molecule has 0 amide bonds. The SMILES string of the molecule is CCC1(CC)CCN(c2nc(NC)nc3sccc23)CC1. The lowest BCUT2D eigenvalue weighted by atomic mass is 9.74. The zero-order valence-corrected chi connectivity index (χ0v) is 14.0. The van der Waals surface area contributed by atoms with Crippen LogP contribution in [0.5, 0.6) is 0 Å². The van der Waals surface area contributed by atoms with Gasteiger partial charge in [0.15, 0.2) is 0 Å². The third-order valence-electron chi connectivity index (χ3n) is 5.15. The first-order valence-corrected chi connectivity index (χ1v) is 8.77. The summed E-state index contributed by atoms with van der Waals surface area (Å²) < 4.78 is 0. The topological polar surface area (TPSA) is 41.1 Å². The summed E-state index contributed by atoms with van der Waals surface area (Å²) in [4.78, 5) is 12.8. The molecule has 5 heteroatoms. The molecule has 0 radical (unpaired) electrons. The first-order chi connectivity index (χ1) is 10.2. The minimum Gasteiger partial charge on any atom is -0.357 e.